The number of thioether (sulfide) groups is 1. The molecule has 1 aromatic carbocycles. The summed E-state index contributed by atoms with van der Waals surface area (Å²) in [5, 5.41) is 9.28. The topological polar surface area (TPSA) is 60.7 Å². The van der Waals surface area contributed by atoms with Gasteiger partial charge < -0.3 is 0 Å². The number of pyridine rings is 1. The number of hydrogen-bond donors (Lipinski definition) is 0. The lowest BCUT2D eigenvalue weighted by Gasteiger charge is -2.08. The fraction of sp³-hybridized carbons (Fsp3) is 0.143. The molecule has 1 aliphatic carbocycles. The maximum Gasteiger partial charge on any atom is 0.192 e. The molecule has 0 radical (unpaired) electrons. The molecule has 0 aliphatic heterocycles. The van der Waals surface area contributed by atoms with Crippen LogP contribution in [0.1, 0.15) is 11.1 Å². The zero-order valence-electron chi connectivity index (χ0n) is 14.7. The van der Waals surface area contributed by atoms with Crippen molar-refractivity contribution in [1.82, 2.24) is 19.7 Å². The highest BCUT2D eigenvalue weighted by atomic mass is 32.2. The van der Waals surface area contributed by atoms with Gasteiger partial charge in [-0.3, -0.25) is 14.3 Å². The SMILES string of the molecule is C=CCn1c(SCC(=O)C2=CCc3ccccc32)nnc1-c1cccnc1. The normalized spacial score (nSPS) is 12.5. The van der Waals surface area contributed by atoms with E-state index in [0.717, 1.165) is 28.9 Å². The minimum absolute atomic E-state index is 0.112. The van der Waals surface area contributed by atoms with Crippen molar-refractivity contribution < 1.29 is 4.79 Å². The predicted molar refractivity (Wildman–Crippen MR) is 107 cm³/mol. The van der Waals surface area contributed by atoms with E-state index >= 15 is 0 Å². The fourth-order valence-corrected chi connectivity index (χ4v) is 3.98. The minimum atomic E-state index is 0.112. The van der Waals surface area contributed by atoms with Crippen LogP contribution in [-0.4, -0.2) is 31.3 Å². The number of rotatable bonds is 7. The van der Waals surface area contributed by atoms with Crippen molar-refractivity contribution in [2.45, 2.75) is 18.1 Å². The summed E-state index contributed by atoms with van der Waals surface area (Å²) >= 11 is 1.40. The summed E-state index contributed by atoms with van der Waals surface area (Å²) in [6.07, 6.45) is 8.11. The van der Waals surface area contributed by atoms with Gasteiger partial charge in [0.2, 0.25) is 0 Å². The first-order valence-electron chi connectivity index (χ1n) is 8.67. The van der Waals surface area contributed by atoms with Gasteiger partial charge in [0.1, 0.15) is 0 Å². The van der Waals surface area contributed by atoms with Crippen LogP contribution in [0.15, 0.2) is 72.7 Å². The Hall–Kier alpha value is -2.99. The summed E-state index contributed by atoms with van der Waals surface area (Å²) in [6.45, 7) is 4.39. The van der Waals surface area contributed by atoms with Crippen LogP contribution >= 0.6 is 11.8 Å². The lowest BCUT2D eigenvalue weighted by atomic mass is 10.0. The third-order valence-corrected chi connectivity index (χ3v) is 5.38. The Labute approximate surface area is 161 Å². The molecule has 0 amide bonds. The van der Waals surface area contributed by atoms with Crippen molar-refractivity contribution >= 4 is 23.1 Å². The second-order valence-electron chi connectivity index (χ2n) is 6.14. The number of fused-ring (bicyclic) bond motifs is 1. The number of aromatic nitrogens is 4. The summed E-state index contributed by atoms with van der Waals surface area (Å²) in [6, 6.07) is 11.9. The van der Waals surface area contributed by atoms with Crippen LogP contribution in [0.3, 0.4) is 0 Å². The molecule has 3 aromatic rings. The minimum Gasteiger partial charge on any atom is -0.298 e. The average molecular weight is 374 g/mol. The first-order chi connectivity index (χ1) is 13.3. The lowest BCUT2D eigenvalue weighted by Crippen LogP contribution is -2.06. The summed E-state index contributed by atoms with van der Waals surface area (Å²) in [7, 11) is 0. The lowest BCUT2D eigenvalue weighted by molar-refractivity contribution is -0.111. The number of ketones is 1. The van der Waals surface area contributed by atoms with Crippen molar-refractivity contribution in [3.05, 3.63) is 78.6 Å². The molecule has 0 atom stereocenters. The van der Waals surface area contributed by atoms with Gasteiger partial charge >= 0.3 is 0 Å². The summed E-state index contributed by atoms with van der Waals surface area (Å²) < 4.78 is 1.96. The average Bonchev–Trinajstić information content (AvgIpc) is 3.31. The number of nitrogens with zero attached hydrogens (tertiary/aromatic N) is 4. The van der Waals surface area contributed by atoms with E-state index < -0.39 is 0 Å². The van der Waals surface area contributed by atoms with Gasteiger partial charge in [0.25, 0.3) is 0 Å². The molecule has 0 saturated carbocycles. The van der Waals surface area contributed by atoms with Gasteiger partial charge in [0.05, 0.1) is 5.75 Å². The van der Waals surface area contributed by atoms with E-state index in [1.165, 1.54) is 17.3 Å². The summed E-state index contributed by atoms with van der Waals surface area (Å²) in [5.74, 6) is 1.16. The third-order valence-electron chi connectivity index (χ3n) is 4.41. The van der Waals surface area contributed by atoms with Gasteiger partial charge in [0, 0.05) is 30.1 Å². The van der Waals surface area contributed by atoms with E-state index in [4.69, 9.17) is 0 Å². The van der Waals surface area contributed by atoms with Crippen LogP contribution in [-0.2, 0) is 17.8 Å². The highest BCUT2D eigenvalue weighted by Gasteiger charge is 2.21. The zero-order valence-corrected chi connectivity index (χ0v) is 15.5. The van der Waals surface area contributed by atoms with Gasteiger partial charge in [-0.25, -0.2) is 0 Å². The third kappa shape index (κ3) is 3.48. The molecule has 2 aromatic heterocycles. The van der Waals surface area contributed by atoms with Crippen LogP contribution in [0, 0.1) is 0 Å². The van der Waals surface area contributed by atoms with Gasteiger partial charge in [-0.1, -0.05) is 48.2 Å². The number of allylic oxidation sites excluding steroid dienone is 3. The smallest absolute Gasteiger partial charge is 0.192 e. The van der Waals surface area contributed by atoms with E-state index in [1.807, 2.05) is 41.0 Å². The standard InChI is InChI=1S/C21H18N4OS/c1-2-12-25-20(16-7-5-11-22-13-16)23-24-21(25)27-14-19(26)18-10-9-15-6-3-4-8-17(15)18/h2-8,10-11,13H,1,9,12,14H2. The Morgan fingerprint density at radius 2 is 2.11 bits per heavy atom. The molecule has 4 rings (SSSR count). The summed E-state index contributed by atoms with van der Waals surface area (Å²) in [4.78, 5) is 16.9. The van der Waals surface area contributed by atoms with Gasteiger partial charge in [-0.15, -0.1) is 16.8 Å². The Morgan fingerprint density at radius 1 is 1.22 bits per heavy atom. The van der Waals surface area contributed by atoms with Crippen molar-refractivity contribution in [3.63, 3.8) is 0 Å². The quantitative estimate of drug-likeness (QED) is 0.465. The maximum atomic E-state index is 12.8. The van der Waals surface area contributed by atoms with E-state index in [-0.39, 0.29) is 5.78 Å². The molecule has 1 aliphatic rings. The van der Waals surface area contributed by atoms with E-state index in [9.17, 15) is 4.79 Å². The molecule has 0 unspecified atom stereocenters. The molecular weight excluding hydrogens is 356 g/mol. The monoisotopic (exact) mass is 374 g/mol. The van der Waals surface area contributed by atoms with E-state index in [0.29, 0.717) is 17.5 Å². The highest BCUT2D eigenvalue weighted by Crippen LogP contribution is 2.30. The number of hydrogen-bond acceptors (Lipinski definition) is 5. The Kier molecular flexibility index (Phi) is 4.98. The number of Topliss-reactive ketones (excluding diaryl/α,β-unsaturated/α-hetero) is 1. The molecule has 5 nitrogen and oxygen atoms in total. The molecule has 0 spiro atoms. The van der Waals surface area contributed by atoms with Crippen LogP contribution in [0.4, 0.5) is 0 Å². The van der Waals surface area contributed by atoms with Crippen LogP contribution < -0.4 is 0 Å². The number of carbonyl (C=O) groups excluding carboxylic acids is 1. The molecule has 2 heterocycles. The molecule has 6 heteroatoms. The Morgan fingerprint density at radius 3 is 2.93 bits per heavy atom. The van der Waals surface area contributed by atoms with Gasteiger partial charge in [-0.2, -0.15) is 0 Å². The van der Waals surface area contributed by atoms with Crippen LogP contribution in [0.25, 0.3) is 17.0 Å². The molecule has 0 N–H and O–H groups in total. The van der Waals surface area contributed by atoms with E-state index in [2.05, 4.69) is 27.8 Å². The van der Waals surface area contributed by atoms with Crippen molar-refractivity contribution in [2.24, 2.45) is 0 Å². The maximum absolute atomic E-state index is 12.8. The zero-order chi connectivity index (χ0) is 18.6. The predicted octanol–water partition coefficient (Wildman–Crippen LogP) is 3.83. The van der Waals surface area contributed by atoms with Crippen LogP contribution in [0.2, 0.25) is 0 Å². The van der Waals surface area contributed by atoms with Gasteiger partial charge in [0.15, 0.2) is 16.8 Å². The van der Waals surface area contributed by atoms with Crippen molar-refractivity contribution in [3.8, 4) is 11.4 Å². The Bertz CT molecular complexity index is 1020. The van der Waals surface area contributed by atoms with Crippen molar-refractivity contribution in [2.75, 3.05) is 5.75 Å². The molecule has 27 heavy (non-hydrogen) atoms. The molecule has 0 bridgehead atoms. The second-order valence-corrected chi connectivity index (χ2v) is 7.08. The highest BCUT2D eigenvalue weighted by molar-refractivity contribution is 7.99. The summed E-state index contributed by atoms with van der Waals surface area (Å²) in [5.41, 5.74) is 3.95. The first-order valence-corrected chi connectivity index (χ1v) is 9.65. The largest absolute Gasteiger partial charge is 0.298 e. The fourth-order valence-electron chi connectivity index (χ4n) is 3.15. The van der Waals surface area contributed by atoms with Gasteiger partial charge in [-0.05, 0) is 29.7 Å². The Balaban J connectivity index is 1.53. The second kappa shape index (κ2) is 7.72. The van der Waals surface area contributed by atoms with Crippen molar-refractivity contribution in [1.29, 1.82) is 0 Å². The molecule has 0 saturated heterocycles. The molecule has 0 fully saturated rings. The van der Waals surface area contributed by atoms with Crippen LogP contribution in [0.5, 0.6) is 0 Å². The number of carbonyl (C=O) groups is 1. The number of benzene rings is 1. The first kappa shape index (κ1) is 17.4. The molecular formula is C21H18N4OS. The molecule has 134 valence electrons. The van der Waals surface area contributed by atoms with E-state index in [1.54, 1.807) is 18.5 Å².